The van der Waals surface area contributed by atoms with Crippen LogP contribution in [0.1, 0.15) is 67.2 Å². The van der Waals surface area contributed by atoms with E-state index in [4.69, 9.17) is 23.7 Å². The molecule has 4 aliphatic rings. The van der Waals surface area contributed by atoms with Gasteiger partial charge in [0, 0.05) is 37.8 Å². The smallest absolute Gasteiger partial charge is 0.334 e. The second-order valence-electron chi connectivity index (χ2n) is 10.4. The van der Waals surface area contributed by atoms with Gasteiger partial charge in [0.05, 0.1) is 17.6 Å². The number of carbonyl (C=O) groups excluding carboxylic acids is 4. The number of rotatable bonds is 3. The lowest BCUT2D eigenvalue weighted by Gasteiger charge is -2.54. The highest BCUT2D eigenvalue weighted by Crippen LogP contribution is 2.61. The Hall–Kier alpha value is -2.68. The van der Waals surface area contributed by atoms with Crippen molar-refractivity contribution in [1.29, 1.82) is 0 Å². The Kier molecular flexibility index (Phi) is 6.59. The molecule has 0 amide bonds. The van der Waals surface area contributed by atoms with Crippen molar-refractivity contribution in [2.45, 2.75) is 97.2 Å². The van der Waals surface area contributed by atoms with E-state index >= 15 is 0 Å². The summed E-state index contributed by atoms with van der Waals surface area (Å²) >= 11 is 0. The van der Waals surface area contributed by atoms with E-state index in [-0.39, 0.29) is 0 Å². The zero-order valence-corrected chi connectivity index (χ0v) is 21.2. The van der Waals surface area contributed by atoms with Crippen LogP contribution in [-0.4, -0.2) is 60.5 Å². The van der Waals surface area contributed by atoms with E-state index in [0.717, 1.165) is 5.57 Å². The molecule has 0 aromatic heterocycles. The fraction of sp³-hybridized carbons (Fsp3) is 0.692. The fourth-order valence-electron chi connectivity index (χ4n) is 6.41. The monoisotopic (exact) mass is 490 g/mol. The van der Waals surface area contributed by atoms with Gasteiger partial charge in [-0.2, -0.15) is 0 Å². The largest absolute Gasteiger partial charge is 0.462 e. The highest BCUT2D eigenvalue weighted by molar-refractivity contribution is 5.92. The molecular formula is C26H34O9. The standard InChI is InChI=1S/C26H34O9/c1-13-7-8-19(32-15(3)27)25(6)20(33-16(4)28)9-10-26(12-31-26)23(25)22(34-17(5)29)21-14(2)24(30)35-18(21)11-13/h11,18-20,22-23H,7-10,12H2,1-6H3. The molecule has 0 aromatic rings. The summed E-state index contributed by atoms with van der Waals surface area (Å²) in [6, 6.07) is 0. The Morgan fingerprint density at radius 1 is 0.971 bits per heavy atom. The van der Waals surface area contributed by atoms with Crippen LogP contribution >= 0.6 is 0 Å². The fourth-order valence-corrected chi connectivity index (χ4v) is 6.41. The lowest BCUT2D eigenvalue weighted by atomic mass is 9.54. The number of fused-ring (bicyclic) bond motifs is 3. The molecule has 1 spiro atoms. The van der Waals surface area contributed by atoms with Gasteiger partial charge in [-0.15, -0.1) is 0 Å². The molecule has 1 saturated heterocycles. The average molecular weight is 491 g/mol. The highest BCUT2D eigenvalue weighted by atomic mass is 16.6. The zero-order valence-electron chi connectivity index (χ0n) is 21.2. The summed E-state index contributed by atoms with van der Waals surface area (Å²) in [5.41, 5.74) is 0.219. The van der Waals surface area contributed by atoms with Gasteiger partial charge in [-0.25, -0.2) is 4.79 Å². The van der Waals surface area contributed by atoms with Gasteiger partial charge in [-0.3, -0.25) is 14.4 Å². The minimum atomic E-state index is -0.979. The molecule has 2 aliphatic heterocycles. The number of epoxide rings is 1. The van der Waals surface area contributed by atoms with Gasteiger partial charge in [-0.1, -0.05) is 12.5 Å². The first-order valence-electron chi connectivity index (χ1n) is 12.1. The van der Waals surface area contributed by atoms with Crippen molar-refractivity contribution >= 4 is 23.9 Å². The van der Waals surface area contributed by atoms with Crippen LogP contribution in [0.15, 0.2) is 22.8 Å². The molecule has 2 aliphatic carbocycles. The molecule has 0 N–H and O–H groups in total. The van der Waals surface area contributed by atoms with E-state index in [9.17, 15) is 19.2 Å². The van der Waals surface area contributed by atoms with E-state index in [0.29, 0.717) is 43.4 Å². The molecule has 0 radical (unpaired) electrons. The van der Waals surface area contributed by atoms with Gasteiger partial charge in [-0.05, 0) is 45.6 Å². The molecule has 192 valence electrons. The molecule has 7 unspecified atom stereocenters. The quantitative estimate of drug-likeness (QED) is 0.255. The van der Waals surface area contributed by atoms with Gasteiger partial charge in [0.25, 0.3) is 0 Å². The van der Waals surface area contributed by atoms with Crippen molar-refractivity contribution in [2.24, 2.45) is 11.3 Å². The van der Waals surface area contributed by atoms with Crippen LogP contribution in [0.25, 0.3) is 0 Å². The first kappa shape index (κ1) is 25.4. The molecule has 2 fully saturated rings. The molecule has 1 saturated carbocycles. The first-order valence-corrected chi connectivity index (χ1v) is 12.1. The third kappa shape index (κ3) is 4.50. The second-order valence-corrected chi connectivity index (χ2v) is 10.4. The first-order chi connectivity index (χ1) is 16.4. The molecule has 35 heavy (non-hydrogen) atoms. The lowest BCUT2D eigenvalue weighted by molar-refractivity contribution is -0.209. The summed E-state index contributed by atoms with van der Waals surface area (Å²) < 4.78 is 29.5. The zero-order chi connectivity index (χ0) is 25.7. The van der Waals surface area contributed by atoms with E-state index in [1.54, 1.807) is 6.92 Å². The summed E-state index contributed by atoms with van der Waals surface area (Å²) in [7, 11) is 0. The molecular weight excluding hydrogens is 456 g/mol. The van der Waals surface area contributed by atoms with E-state index in [1.165, 1.54) is 20.8 Å². The molecule has 4 rings (SSSR count). The van der Waals surface area contributed by atoms with Gasteiger partial charge >= 0.3 is 23.9 Å². The predicted molar refractivity (Wildman–Crippen MR) is 122 cm³/mol. The summed E-state index contributed by atoms with van der Waals surface area (Å²) in [6.07, 6.45) is 1.07. The normalized spacial score (nSPS) is 38.5. The lowest BCUT2D eigenvalue weighted by Crippen LogP contribution is -2.63. The van der Waals surface area contributed by atoms with Crippen LogP contribution in [0, 0.1) is 11.3 Å². The van der Waals surface area contributed by atoms with Gasteiger partial charge < -0.3 is 23.7 Å². The summed E-state index contributed by atoms with van der Waals surface area (Å²) in [6.45, 7) is 9.93. The number of hydrogen-bond donors (Lipinski definition) is 0. The van der Waals surface area contributed by atoms with E-state index in [2.05, 4.69) is 0 Å². The topological polar surface area (TPSA) is 118 Å². The van der Waals surface area contributed by atoms with Gasteiger partial charge in [0.15, 0.2) is 0 Å². The van der Waals surface area contributed by atoms with E-state index in [1.807, 2.05) is 19.9 Å². The molecule has 0 bridgehead atoms. The van der Waals surface area contributed by atoms with Crippen molar-refractivity contribution in [1.82, 2.24) is 0 Å². The van der Waals surface area contributed by atoms with Crippen LogP contribution in [0.3, 0.4) is 0 Å². The Bertz CT molecular complexity index is 1000. The van der Waals surface area contributed by atoms with Crippen molar-refractivity contribution in [3.63, 3.8) is 0 Å². The van der Waals surface area contributed by atoms with Crippen LogP contribution in [0.4, 0.5) is 0 Å². The van der Waals surface area contributed by atoms with Crippen LogP contribution in [0.5, 0.6) is 0 Å². The van der Waals surface area contributed by atoms with Crippen LogP contribution in [0.2, 0.25) is 0 Å². The van der Waals surface area contributed by atoms with E-state index < -0.39 is 65.2 Å². The number of esters is 4. The molecule has 7 atom stereocenters. The average Bonchev–Trinajstić information content (AvgIpc) is 3.45. The predicted octanol–water partition coefficient (Wildman–Crippen LogP) is 2.95. The third-order valence-electron chi connectivity index (χ3n) is 8.00. The van der Waals surface area contributed by atoms with Crippen molar-refractivity contribution in [2.75, 3.05) is 6.61 Å². The Balaban J connectivity index is 1.98. The summed E-state index contributed by atoms with van der Waals surface area (Å²) in [5, 5.41) is 0. The SMILES string of the molecule is CC(=O)OC1C2=C(C)C(=O)OC2C=C(C)CCC(OC(C)=O)C2(C)C(OC(C)=O)CCC3(CO3)C12. The molecule has 9 nitrogen and oxygen atoms in total. The maximum absolute atomic E-state index is 12.7. The maximum Gasteiger partial charge on any atom is 0.334 e. The summed E-state index contributed by atoms with van der Waals surface area (Å²) in [4.78, 5) is 49.6. The Morgan fingerprint density at radius 2 is 1.54 bits per heavy atom. The van der Waals surface area contributed by atoms with Crippen LogP contribution < -0.4 is 0 Å². The minimum absolute atomic E-state index is 0.377. The third-order valence-corrected chi connectivity index (χ3v) is 8.00. The highest BCUT2D eigenvalue weighted by Gasteiger charge is 2.70. The van der Waals surface area contributed by atoms with Gasteiger partial charge in [0.2, 0.25) is 0 Å². The second kappa shape index (κ2) is 9.08. The molecule has 9 heteroatoms. The number of hydrogen-bond acceptors (Lipinski definition) is 9. The van der Waals surface area contributed by atoms with Crippen molar-refractivity contribution in [3.8, 4) is 0 Å². The number of allylic oxidation sites excluding steroid dienone is 1. The summed E-state index contributed by atoms with van der Waals surface area (Å²) in [5.74, 6) is -2.46. The molecule has 2 heterocycles. The minimum Gasteiger partial charge on any atom is -0.462 e. The number of ether oxygens (including phenoxy) is 5. The Labute approximate surface area is 205 Å². The van der Waals surface area contributed by atoms with Gasteiger partial charge in [0.1, 0.15) is 24.4 Å². The maximum atomic E-state index is 12.7. The molecule has 0 aromatic carbocycles. The van der Waals surface area contributed by atoms with Crippen molar-refractivity contribution in [3.05, 3.63) is 22.8 Å². The Morgan fingerprint density at radius 3 is 2.09 bits per heavy atom. The van der Waals surface area contributed by atoms with Crippen LogP contribution in [-0.2, 0) is 42.9 Å². The van der Waals surface area contributed by atoms with Crippen molar-refractivity contribution < 1.29 is 42.9 Å². The number of carbonyl (C=O) groups is 4.